The molecule has 0 amide bonds. The van der Waals surface area contributed by atoms with Crippen LogP contribution >= 0.6 is 0 Å². The van der Waals surface area contributed by atoms with Gasteiger partial charge in [0.05, 0.1) is 5.69 Å². The van der Waals surface area contributed by atoms with Gasteiger partial charge < -0.3 is 10.6 Å². The maximum absolute atomic E-state index is 12.8. The zero-order chi connectivity index (χ0) is 15.6. The monoisotopic (exact) mass is 311 g/mol. The molecular weight excluding hydrogens is 286 g/mol. The molecule has 1 heterocycles. The summed E-state index contributed by atoms with van der Waals surface area (Å²) in [6.07, 6.45) is 2.42. The molecular formula is C15H25N3O2S. The number of nitrogens with zero attached hydrogens (tertiary/aromatic N) is 2. The summed E-state index contributed by atoms with van der Waals surface area (Å²) in [6.45, 7) is 7.03. The Labute approximate surface area is 127 Å². The van der Waals surface area contributed by atoms with E-state index in [0.717, 1.165) is 25.2 Å². The van der Waals surface area contributed by atoms with Crippen LogP contribution in [-0.2, 0) is 10.0 Å². The minimum Gasteiger partial charge on any atom is -0.397 e. The van der Waals surface area contributed by atoms with E-state index in [-0.39, 0.29) is 4.90 Å². The van der Waals surface area contributed by atoms with Gasteiger partial charge in [0, 0.05) is 20.1 Å². The Bertz CT molecular complexity index is 608. The van der Waals surface area contributed by atoms with Crippen molar-refractivity contribution < 1.29 is 8.42 Å². The molecule has 1 aliphatic heterocycles. The third-order valence-electron chi connectivity index (χ3n) is 4.21. The molecule has 1 saturated heterocycles. The second-order valence-electron chi connectivity index (χ2n) is 5.82. The summed E-state index contributed by atoms with van der Waals surface area (Å²) in [5.41, 5.74) is 7.87. The molecule has 1 aromatic carbocycles. The number of nitrogens with two attached hydrogens (primary N) is 1. The topological polar surface area (TPSA) is 66.6 Å². The quantitative estimate of drug-likeness (QED) is 0.839. The molecule has 2 rings (SSSR count). The van der Waals surface area contributed by atoms with Gasteiger partial charge in [-0.2, -0.15) is 4.31 Å². The summed E-state index contributed by atoms with van der Waals surface area (Å²) in [5.74, 6) is 0. The molecule has 2 N–H and O–H groups in total. The Kier molecular flexibility index (Phi) is 4.91. The molecule has 21 heavy (non-hydrogen) atoms. The summed E-state index contributed by atoms with van der Waals surface area (Å²) in [6, 6.07) is 3.67. The van der Waals surface area contributed by atoms with Crippen molar-refractivity contribution in [3.8, 4) is 0 Å². The first-order chi connectivity index (χ1) is 9.84. The van der Waals surface area contributed by atoms with Gasteiger partial charge in [-0.25, -0.2) is 8.42 Å². The van der Waals surface area contributed by atoms with Crippen LogP contribution in [0.3, 0.4) is 0 Å². The van der Waals surface area contributed by atoms with E-state index in [1.54, 1.807) is 14.0 Å². The molecule has 1 aromatic rings. The van der Waals surface area contributed by atoms with Crippen LogP contribution in [0.15, 0.2) is 17.0 Å². The summed E-state index contributed by atoms with van der Waals surface area (Å²) in [7, 11) is -1.90. The van der Waals surface area contributed by atoms with Crippen molar-refractivity contribution in [1.29, 1.82) is 0 Å². The van der Waals surface area contributed by atoms with E-state index >= 15 is 0 Å². The minimum absolute atomic E-state index is 0.256. The van der Waals surface area contributed by atoms with Gasteiger partial charge in [0.15, 0.2) is 0 Å². The molecule has 0 saturated carbocycles. The molecule has 0 radical (unpaired) electrons. The smallest absolute Gasteiger partial charge is 0.245 e. The molecule has 1 aliphatic rings. The second-order valence-corrected chi connectivity index (χ2v) is 7.80. The van der Waals surface area contributed by atoms with Gasteiger partial charge >= 0.3 is 0 Å². The number of likely N-dealkylation sites (tertiary alicyclic amines) is 1. The lowest BCUT2D eigenvalue weighted by atomic mass is 10.1. The van der Waals surface area contributed by atoms with Crippen molar-refractivity contribution in [3.63, 3.8) is 0 Å². The van der Waals surface area contributed by atoms with E-state index in [0.29, 0.717) is 17.8 Å². The fraction of sp³-hybridized carbons (Fsp3) is 0.600. The Morgan fingerprint density at radius 2 is 1.76 bits per heavy atom. The number of anilines is 1. The number of sulfonamides is 1. The molecule has 6 heteroatoms. The highest BCUT2D eigenvalue weighted by atomic mass is 32.2. The first kappa shape index (κ1) is 16.3. The number of hydrogen-bond donors (Lipinski definition) is 1. The summed E-state index contributed by atoms with van der Waals surface area (Å²) in [5, 5.41) is 0. The number of likely N-dealkylation sites (N-methyl/N-ethyl adjacent to an activating group) is 1. The van der Waals surface area contributed by atoms with Crippen molar-refractivity contribution in [1.82, 2.24) is 9.21 Å². The van der Waals surface area contributed by atoms with Crippen molar-refractivity contribution in [3.05, 3.63) is 23.3 Å². The van der Waals surface area contributed by atoms with E-state index in [9.17, 15) is 8.42 Å². The molecule has 0 aromatic heterocycles. The predicted molar refractivity (Wildman–Crippen MR) is 85.8 cm³/mol. The van der Waals surface area contributed by atoms with Crippen LogP contribution in [0.4, 0.5) is 5.69 Å². The Morgan fingerprint density at radius 3 is 2.38 bits per heavy atom. The normalized spacial score (nSPS) is 16.8. The van der Waals surface area contributed by atoms with Gasteiger partial charge in [-0.3, -0.25) is 0 Å². The Morgan fingerprint density at radius 1 is 1.19 bits per heavy atom. The molecule has 0 unspecified atom stereocenters. The Hall–Kier alpha value is -1.11. The zero-order valence-corrected chi connectivity index (χ0v) is 13.9. The van der Waals surface area contributed by atoms with Crippen LogP contribution in [-0.4, -0.2) is 50.8 Å². The van der Waals surface area contributed by atoms with Crippen molar-refractivity contribution in [2.45, 2.75) is 31.6 Å². The third-order valence-corrected chi connectivity index (χ3v) is 6.27. The number of rotatable bonds is 5. The van der Waals surface area contributed by atoms with Crippen LogP contribution in [0.1, 0.15) is 24.0 Å². The fourth-order valence-corrected chi connectivity index (χ4v) is 4.26. The highest BCUT2D eigenvalue weighted by molar-refractivity contribution is 7.89. The Balaban J connectivity index is 2.19. The first-order valence-corrected chi connectivity index (χ1v) is 8.82. The van der Waals surface area contributed by atoms with E-state index in [4.69, 9.17) is 5.73 Å². The first-order valence-electron chi connectivity index (χ1n) is 7.38. The SMILES string of the molecule is Cc1ccc(C)c(S(=O)(=O)N(C)CCN2CCCC2)c1N. The van der Waals surface area contributed by atoms with Crippen molar-refractivity contribution in [2.24, 2.45) is 0 Å². The average molecular weight is 311 g/mol. The van der Waals surface area contributed by atoms with Crippen molar-refractivity contribution >= 4 is 15.7 Å². The van der Waals surface area contributed by atoms with Gasteiger partial charge in [0.1, 0.15) is 4.90 Å². The van der Waals surface area contributed by atoms with E-state index < -0.39 is 10.0 Å². The number of benzene rings is 1. The molecule has 0 bridgehead atoms. The van der Waals surface area contributed by atoms with Gasteiger partial charge in [-0.1, -0.05) is 12.1 Å². The zero-order valence-electron chi connectivity index (χ0n) is 13.1. The molecule has 0 atom stereocenters. The van der Waals surface area contributed by atoms with E-state index in [1.807, 2.05) is 19.1 Å². The molecule has 118 valence electrons. The van der Waals surface area contributed by atoms with Crippen LogP contribution in [0.25, 0.3) is 0 Å². The fourth-order valence-electron chi connectivity index (χ4n) is 2.71. The van der Waals surface area contributed by atoms with Gasteiger partial charge in [0.2, 0.25) is 10.0 Å². The number of nitrogen functional groups attached to an aromatic ring is 1. The predicted octanol–water partition coefficient (Wildman–Crippen LogP) is 1.60. The van der Waals surface area contributed by atoms with Gasteiger partial charge in [-0.05, 0) is 50.9 Å². The molecule has 0 spiro atoms. The lowest BCUT2D eigenvalue weighted by Crippen LogP contribution is -2.35. The average Bonchev–Trinajstić information content (AvgIpc) is 2.93. The third kappa shape index (κ3) is 3.39. The number of hydrogen-bond acceptors (Lipinski definition) is 4. The van der Waals surface area contributed by atoms with E-state index in [1.165, 1.54) is 17.1 Å². The summed E-state index contributed by atoms with van der Waals surface area (Å²) in [4.78, 5) is 2.56. The van der Waals surface area contributed by atoms with Crippen LogP contribution in [0.5, 0.6) is 0 Å². The summed E-state index contributed by atoms with van der Waals surface area (Å²) >= 11 is 0. The van der Waals surface area contributed by atoms with E-state index in [2.05, 4.69) is 4.90 Å². The highest BCUT2D eigenvalue weighted by Gasteiger charge is 2.26. The van der Waals surface area contributed by atoms with Crippen LogP contribution in [0, 0.1) is 13.8 Å². The lowest BCUT2D eigenvalue weighted by Gasteiger charge is -2.23. The maximum Gasteiger partial charge on any atom is 0.245 e. The standard InChI is InChI=1S/C15H25N3O2S/c1-12-6-7-13(2)15(14(12)16)21(19,20)17(3)10-11-18-8-4-5-9-18/h6-7H,4-5,8-11,16H2,1-3H3. The number of aryl methyl sites for hydroxylation is 2. The molecule has 5 nitrogen and oxygen atoms in total. The van der Waals surface area contributed by atoms with Gasteiger partial charge in [-0.15, -0.1) is 0 Å². The maximum atomic E-state index is 12.8. The molecule has 0 aliphatic carbocycles. The largest absolute Gasteiger partial charge is 0.397 e. The van der Waals surface area contributed by atoms with Crippen LogP contribution < -0.4 is 5.73 Å². The lowest BCUT2D eigenvalue weighted by molar-refractivity contribution is 0.310. The van der Waals surface area contributed by atoms with Gasteiger partial charge in [0.25, 0.3) is 0 Å². The summed E-state index contributed by atoms with van der Waals surface area (Å²) < 4.78 is 26.9. The van der Waals surface area contributed by atoms with Crippen LogP contribution in [0.2, 0.25) is 0 Å². The minimum atomic E-state index is -3.53. The second kappa shape index (κ2) is 6.34. The molecule has 1 fully saturated rings. The van der Waals surface area contributed by atoms with Crippen molar-refractivity contribution in [2.75, 3.05) is 39.0 Å². The highest BCUT2D eigenvalue weighted by Crippen LogP contribution is 2.28.